The van der Waals surface area contributed by atoms with E-state index in [1.54, 1.807) is 0 Å². The normalized spacial score (nSPS) is 10.8. The molecule has 0 unspecified atom stereocenters. The van der Waals surface area contributed by atoms with Crippen molar-refractivity contribution in [1.29, 1.82) is 0 Å². The first-order chi connectivity index (χ1) is 6.00. The zero-order chi connectivity index (χ0) is 10.0. The summed E-state index contributed by atoms with van der Waals surface area (Å²) < 4.78 is 0. The summed E-state index contributed by atoms with van der Waals surface area (Å²) in [5.41, 5.74) is 13.7. The molecule has 0 bridgehead atoms. The van der Waals surface area contributed by atoms with Crippen LogP contribution in [0.1, 0.15) is 19.4 Å². The highest BCUT2D eigenvalue weighted by Crippen LogP contribution is 2.28. The fourth-order valence-corrected chi connectivity index (χ4v) is 1.43. The number of nitrogens with two attached hydrogens (primary N) is 2. The van der Waals surface area contributed by atoms with Crippen LogP contribution in [-0.4, -0.2) is 0 Å². The largest absolute Gasteiger partial charge is 0.397 e. The van der Waals surface area contributed by atoms with E-state index in [0.29, 0.717) is 22.3 Å². The van der Waals surface area contributed by atoms with Crippen LogP contribution in [0, 0.1) is 5.92 Å². The van der Waals surface area contributed by atoms with E-state index < -0.39 is 0 Å². The van der Waals surface area contributed by atoms with Crippen LogP contribution < -0.4 is 11.5 Å². The maximum atomic E-state index is 5.84. The molecule has 0 fully saturated rings. The van der Waals surface area contributed by atoms with Crippen molar-refractivity contribution in [3.8, 4) is 0 Å². The minimum absolute atomic E-state index is 0.465. The molecule has 4 N–H and O–H groups in total. The van der Waals surface area contributed by atoms with Gasteiger partial charge in [-0.2, -0.15) is 0 Å². The van der Waals surface area contributed by atoms with Crippen molar-refractivity contribution in [3.05, 3.63) is 22.7 Å². The van der Waals surface area contributed by atoms with Crippen LogP contribution in [-0.2, 0) is 6.42 Å². The second kappa shape index (κ2) is 3.88. The maximum absolute atomic E-state index is 5.84. The van der Waals surface area contributed by atoms with Gasteiger partial charge in [-0.15, -0.1) is 0 Å². The van der Waals surface area contributed by atoms with Crippen molar-refractivity contribution in [2.24, 2.45) is 5.92 Å². The predicted octanol–water partition coefficient (Wildman–Crippen LogP) is 2.70. The van der Waals surface area contributed by atoms with Gasteiger partial charge in [-0.25, -0.2) is 0 Å². The van der Waals surface area contributed by atoms with E-state index in [4.69, 9.17) is 23.1 Å². The van der Waals surface area contributed by atoms with E-state index in [0.717, 1.165) is 12.0 Å². The average Bonchev–Trinajstić information content (AvgIpc) is 1.98. The first kappa shape index (κ1) is 10.2. The van der Waals surface area contributed by atoms with Gasteiger partial charge in [0.25, 0.3) is 0 Å². The lowest BCUT2D eigenvalue weighted by Gasteiger charge is -2.09. The van der Waals surface area contributed by atoms with Crippen LogP contribution in [0.3, 0.4) is 0 Å². The molecule has 13 heavy (non-hydrogen) atoms. The highest BCUT2D eigenvalue weighted by molar-refractivity contribution is 6.35. The second-order valence-corrected chi connectivity index (χ2v) is 4.06. The predicted molar refractivity (Wildman–Crippen MR) is 58.8 cm³/mol. The fraction of sp³-hybridized carbons (Fsp3) is 0.400. The van der Waals surface area contributed by atoms with Crippen molar-refractivity contribution >= 4 is 23.0 Å². The Bertz CT molecular complexity index is 285. The number of anilines is 2. The average molecular weight is 199 g/mol. The molecular weight excluding hydrogens is 184 g/mol. The molecule has 1 aromatic rings. The molecule has 0 saturated carbocycles. The lowest BCUT2D eigenvalue weighted by molar-refractivity contribution is 0.647. The number of hydrogen-bond acceptors (Lipinski definition) is 2. The minimum atomic E-state index is 0.465. The number of nitrogen functional groups attached to an aromatic ring is 2. The monoisotopic (exact) mass is 198 g/mol. The summed E-state index contributed by atoms with van der Waals surface area (Å²) in [7, 11) is 0. The van der Waals surface area contributed by atoms with E-state index in [-0.39, 0.29) is 0 Å². The van der Waals surface area contributed by atoms with E-state index in [1.165, 1.54) is 0 Å². The van der Waals surface area contributed by atoms with Gasteiger partial charge in [-0.1, -0.05) is 25.4 Å². The summed E-state index contributed by atoms with van der Waals surface area (Å²) in [6, 6.07) is 3.78. The number of benzene rings is 1. The Hall–Kier alpha value is -0.890. The summed E-state index contributed by atoms with van der Waals surface area (Å²) in [5.74, 6) is 0.597. The van der Waals surface area contributed by atoms with Crippen molar-refractivity contribution in [2.75, 3.05) is 11.5 Å². The number of hydrogen-bond donors (Lipinski definition) is 2. The van der Waals surface area contributed by atoms with E-state index >= 15 is 0 Å². The van der Waals surface area contributed by atoms with E-state index in [2.05, 4.69) is 13.8 Å². The van der Waals surface area contributed by atoms with E-state index in [1.807, 2.05) is 12.1 Å². The molecule has 0 spiro atoms. The van der Waals surface area contributed by atoms with Crippen molar-refractivity contribution in [2.45, 2.75) is 20.3 Å². The topological polar surface area (TPSA) is 52.0 Å². The van der Waals surface area contributed by atoms with Gasteiger partial charge in [0, 0.05) is 0 Å². The highest BCUT2D eigenvalue weighted by atomic mass is 35.5. The number of rotatable bonds is 2. The van der Waals surface area contributed by atoms with Crippen LogP contribution in [0.4, 0.5) is 11.4 Å². The third kappa shape index (κ3) is 2.52. The van der Waals surface area contributed by atoms with Gasteiger partial charge in [0.2, 0.25) is 0 Å². The molecule has 0 radical (unpaired) electrons. The highest BCUT2D eigenvalue weighted by Gasteiger charge is 2.05. The molecule has 3 heteroatoms. The third-order valence-electron chi connectivity index (χ3n) is 1.83. The Balaban J connectivity index is 2.99. The molecule has 0 aromatic heterocycles. The van der Waals surface area contributed by atoms with Gasteiger partial charge < -0.3 is 11.5 Å². The summed E-state index contributed by atoms with van der Waals surface area (Å²) in [6.45, 7) is 4.31. The van der Waals surface area contributed by atoms with Crippen LogP contribution in [0.25, 0.3) is 0 Å². The summed E-state index contributed by atoms with van der Waals surface area (Å²) >= 11 is 5.84. The molecule has 0 aliphatic carbocycles. The van der Waals surface area contributed by atoms with Crippen molar-refractivity contribution < 1.29 is 0 Å². The Morgan fingerprint density at radius 1 is 1.23 bits per heavy atom. The van der Waals surface area contributed by atoms with Gasteiger partial charge in [0.05, 0.1) is 16.4 Å². The Labute approximate surface area is 83.9 Å². The fourth-order valence-electron chi connectivity index (χ4n) is 1.32. The van der Waals surface area contributed by atoms with Gasteiger partial charge in [0.1, 0.15) is 0 Å². The zero-order valence-corrected chi connectivity index (χ0v) is 8.73. The SMILES string of the molecule is CC(C)Cc1cc(N)c(Cl)c(N)c1. The lowest BCUT2D eigenvalue weighted by Crippen LogP contribution is -1.99. The van der Waals surface area contributed by atoms with E-state index in [9.17, 15) is 0 Å². The lowest BCUT2D eigenvalue weighted by atomic mass is 10.0. The molecule has 1 aromatic carbocycles. The van der Waals surface area contributed by atoms with Gasteiger partial charge in [-0.3, -0.25) is 0 Å². The molecule has 2 nitrogen and oxygen atoms in total. The molecule has 0 atom stereocenters. The zero-order valence-electron chi connectivity index (χ0n) is 7.97. The minimum Gasteiger partial charge on any atom is -0.397 e. The standard InChI is InChI=1S/C10H15ClN2/c1-6(2)3-7-4-8(12)10(11)9(13)5-7/h4-6H,3,12-13H2,1-2H3. The Morgan fingerprint density at radius 3 is 2.08 bits per heavy atom. The molecule has 0 amide bonds. The summed E-state index contributed by atoms with van der Waals surface area (Å²) in [4.78, 5) is 0. The third-order valence-corrected chi connectivity index (χ3v) is 2.27. The second-order valence-electron chi connectivity index (χ2n) is 3.69. The molecule has 72 valence electrons. The van der Waals surface area contributed by atoms with Crippen LogP contribution >= 0.6 is 11.6 Å². The smallest absolute Gasteiger partial charge is 0.0864 e. The quantitative estimate of drug-likeness (QED) is 0.718. The molecule has 0 saturated heterocycles. The molecular formula is C10H15ClN2. The van der Waals surface area contributed by atoms with Gasteiger partial charge >= 0.3 is 0 Å². The Kier molecular flexibility index (Phi) is 3.04. The molecule has 0 aliphatic rings. The number of halogens is 1. The maximum Gasteiger partial charge on any atom is 0.0864 e. The van der Waals surface area contributed by atoms with Gasteiger partial charge in [-0.05, 0) is 30.0 Å². The summed E-state index contributed by atoms with van der Waals surface area (Å²) in [5, 5.41) is 0.465. The Morgan fingerprint density at radius 2 is 1.69 bits per heavy atom. The van der Waals surface area contributed by atoms with Crippen LogP contribution in [0.5, 0.6) is 0 Å². The first-order valence-corrected chi connectivity index (χ1v) is 4.72. The molecule has 0 heterocycles. The first-order valence-electron chi connectivity index (χ1n) is 4.34. The molecule has 1 rings (SSSR count). The van der Waals surface area contributed by atoms with Crippen molar-refractivity contribution in [1.82, 2.24) is 0 Å². The van der Waals surface area contributed by atoms with Crippen LogP contribution in [0.15, 0.2) is 12.1 Å². The van der Waals surface area contributed by atoms with Gasteiger partial charge in [0.15, 0.2) is 0 Å². The van der Waals surface area contributed by atoms with Crippen LogP contribution in [0.2, 0.25) is 5.02 Å². The molecule has 0 aliphatic heterocycles. The van der Waals surface area contributed by atoms with Crippen molar-refractivity contribution in [3.63, 3.8) is 0 Å². The summed E-state index contributed by atoms with van der Waals surface area (Å²) in [6.07, 6.45) is 0.978.